The molecular weight excluding hydrogens is 527 g/mol. The second kappa shape index (κ2) is 22.3. The van der Waals surface area contributed by atoms with E-state index in [0.717, 1.165) is 22.4 Å². The minimum Gasteiger partial charge on any atom is -0.541 e. The molecule has 0 aliphatic heterocycles. The van der Waals surface area contributed by atoms with Gasteiger partial charge in [-0.1, -0.05) is 69.7 Å². The van der Waals surface area contributed by atoms with E-state index in [1.165, 1.54) is 0 Å². The Morgan fingerprint density at radius 3 is 1.83 bits per heavy atom. The van der Waals surface area contributed by atoms with Crippen molar-refractivity contribution < 1.29 is 108 Å². The monoisotopic (exact) mass is 552 g/mol. The van der Waals surface area contributed by atoms with Crippen LogP contribution in [0.25, 0.3) is 11.1 Å². The third-order valence-electron chi connectivity index (χ3n) is 2.63. The first-order valence-corrected chi connectivity index (χ1v) is 7.42. The van der Waals surface area contributed by atoms with E-state index >= 15 is 0 Å². The molecule has 0 aliphatic rings. The average molecular weight is 552 g/mol. The molecule has 123 valence electrons. The van der Waals surface area contributed by atoms with E-state index in [4.69, 9.17) is 4.74 Å². The largest absolute Gasteiger partial charge is 0.541 e. The molecule has 3 radical (unpaired) electrons. The van der Waals surface area contributed by atoms with Crippen LogP contribution in [0.5, 0.6) is 5.75 Å². The van der Waals surface area contributed by atoms with Gasteiger partial charge in [-0.2, -0.15) is 0 Å². The van der Waals surface area contributed by atoms with Crippen LogP contribution in [0.2, 0.25) is 0 Å². The Kier molecular flexibility index (Phi) is 30.5. The van der Waals surface area contributed by atoms with Crippen LogP contribution in [0.3, 0.4) is 0 Å². The van der Waals surface area contributed by atoms with Crippen LogP contribution in [0.15, 0.2) is 48.5 Å². The van der Waals surface area contributed by atoms with Gasteiger partial charge in [0, 0.05) is 98.1 Å². The molecule has 0 aliphatic carbocycles. The van der Waals surface area contributed by atoms with Gasteiger partial charge in [-0.05, 0) is 23.3 Å². The summed E-state index contributed by atoms with van der Waals surface area (Å²) in [5.41, 5.74) is 3.19. The summed E-state index contributed by atoms with van der Waals surface area (Å²) >= 11 is 0. The summed E-state index contributed by atoms with van der Waals surface area (Å²) in [6.07, 6.45) is 2.24. The van der Waals surface area contributed by atoms with Crippen LogP contribution in [-0.4, -0.2) is 13.4 Å². The normalized spacial score (nSPS) is 7.54. The molecule has 2 aromatic rings. The fourth-order valence-corrected chi connectivity index (χ4v) is 1.70. The van der Waals surface area contributed by atoms with Gasteiger partial charge in [-0.25, -0.2) is 0 Å². The van der Waals surface area contributed by atoms with Crippen LogP contribution in [0, 0.1) is 0 Å². The summed E-state index contributed by atoms with van der Waals surface area (Å²) in [7, 11) is 1.65. The quantitative estimate of drug-likeness (QED) is 0.497. The molecule has 0 spiro atoms. The van der Waals surface area contributed by atoms with Crippen molar-refractivity contribution in [3.8, 4) is 16.9 Å². The number of carbonyl (C=O) groups excluding carboxylic acids is 1. The Balaban J connectivity index is -0.000000266. The van der Waals surface area contributed by atoms with E-state index in [0.29, 0.717) is 6.42 Å². The predicted molar refractivity (Wildman–Crippen MR) is 90.5 cm³/mol. The van der Waals surface area contributed by atoms with E-state index in [9.17, 15) is 4.79 Å². The fourth-order valence-electron chi connectivity index (χ4n) is 1.70. The van der Waals surface area contributed by atoms with Gasteiger partial charge in [0.25, 0.3) is 0 Å². The van der Waals surface area contributed by atoms with E-state index in [-0.39, 0.29) is 98.1 Å². The second-order valence-electron chi connectivity index (χ2n) is 3.75. The van der Waals surface area contributed by atoms with Gasteiger partial charge in [0.15, 0.2) is 0 Å². The van der Waals surface area contributed by atoms with Crippen molar-refractivity contribution in [1.82, 2.24) is 0 Å². The summed E-state index contributed by atoms with van der Waals surface area (Å²) in [5.74, 6) is 0.841. The van der Waals surface area contributed by atoms with Gasteiger partial charge in [0.2, 0.25) is 0 Å². The maximum atomic E-state index is 10.3. The Hall–Kier alpha value is 1.22. The molecule has 0 bridgehead atoms. The summed E-state index contributed by atoms with van der Waals surface area (Å²) in [5, 5.41) is 0. The Morgan fingerprint density at radius 1 is 0.833 bits per heavy atom. The molecule has 0 atom stereocenters. The molecule has 0 unspecified atom stereocenters. The number of ether oxygens (including phenoxy) is 1. The van der Waals surface area contributed by atoms with E-state index in [1.807, 2.05) is 82.5 Å². The topological polar surface area (TPSA) is 26.3 Å². The smallest absolute Gasteiger partial charge is 0.119 e. The van der Waals surface area contributed by atoms with Crippen LogP contribution in [-0.2, 0) is 109 Å². The van der Waals surface area contributed by atoms with E-state index in [1.54, 1.807) is 7.11 Å². The number of hydrogen-bond acceptors (Lipinski definition) is 2. The molecule has 2 aromatic carbocycles. The molecular formula is C19H25O2Y3-. The zero-order valence-corrected chi connectivity index (χ0v) is 23.9. The third kappa shape index (κ3) is 12.6. The van der Waals surface area contributed by atoms with Gasteiger partial charge in [-0.3, -0.25) is 6.29 Å². The molecule has 24 heavy (non-hydrogen) atoms. The van der Waals surface area contributed by atoms with Crippen molar-refractivity contribution in [2.75, 3.05) is 7.11 Å². The van der Waals surface area contributed by atoms with Crippen LogP contribution in [0.4, 0.5) is 0 Å². The van der Waals surface area contributed by atoms with Crippen molar-refractivity contribution in [2.24, 2.45) is 0 Å². The molecule has 0 N–H and O–H groups in total. The average Bonchev–Trinajstić information content (AvgIpc) is 2.59. The van der Waals surface area contributed by atoms with Crippen LogP contribution < -0.4 is 4.74 Å². The van der Waals surface area contributed by atoms with Crippen molar-refractivity contribution in [3.63, 3.8) is 0 Å². The van der Waals surface area contributed by atoms with Gasteiger partial charge in [-0.15, -0.1) is 6.42 Å². The minimum atomic E-state index is 0. The molecule has 2 rings (SSSR count). The molecule has 0 fully saturated rings. The van der Waals surface area contributed by atoms with E-state index < -0.39 is 0 Å². The van der Waals surface area contributed by atoms with Gasteiger partial charge < -0.3 is 9.53 Å². The molecule has 0 saturated heterocycles. The first kappa shape index (κ1) is 32.9. The fraction of sp³-hybridized carbons (Fsp3) is 0.316. The zero-order valence-electron chi connectivity index (χ0n) is 15.4. The predicted octanol–water partition coefficient (Wildman–Crippen LogP) is 5.06. The molecule has 0 heterocycles. The van der Waals surface area contributed by atoms with E-state index in [2.05, 4.69) is 0 Å². The molecule has 0 aromatic heterocycles. The molecule has 0 saturated carbocycles. The SMILES string of the molecule is CC.CC.COc1cccc(-c2ccc(C[C-]=O)cc2)c1.[Y].[Y].[Y]. The summed E-state index contributed by atoms with van der Waals surface area (Å²) in [6, 6.07) is 15.8. The maximum absolute atomic E-state index is 10.3. The standard InChI is InChI=1S/C15H13O2.2C2H6.3Y/c1-17-15-4-2-3-14(11-15)13-7-5-12(6-8-13)9-10-16;2*1-2;;;/h2-8,11H,9H2,1H3;2*1-2H3;;;/q-1;;;;;. The Labute approximate surface area is 222 Å². The van der Waals surface area contributed by atoms with Crippen molar-refractivity contribution in [3.05, 3.63) is 54.1 Å². The summed E-state index contributed by atoms with van der Waals surface area (Å²) in [4.78, 5) is 10.3. The Bertz CT molecular complexity index is 514. The first-order chi connectivity index (χ1) is 10.3. The number of benzene rings is 2. The van der Waals surface area contributed by atoms with Crippen LogP contribution >= 0.6 is 0 Å². The van der Waals surface area contributed by atoms with Crippen molar-refractivity contribution in [2.45, 2.75) is 34.1 Å². The minimum absolute atomic E-state index is 0. The van der Waals surface area contributed by atoms with Gasteiger partial charge in [0.1, 0.15) is 5.75 Å². The second-order valence-corrected chi connectivity index (χ2v) is 3.75. The maximum Gasteiger partial charge on any atom is 0.119 e. The van der Waals surface area contributed by atoms with Crippen molar-refractivity contribution >= 4 is 6.29 Å². The van der Waals surface area contributed by atoms with Gasteiger partial charge >= 0.3 is 0 Å². The third-order valence-corrected chi connectivity index (χ3v) is 2.63. The van der Waals surface area contributed by atoms with Gasteiger partial charge in [0.05, 0.1) is 7.11 Å². The number of rotatable bonds is 4. The molecule has 0 amide bonds. The van der Waals surface area contributed by atoms with Crippen molar-refractivity contribution in [1.29, 1.82) is 0 Å². The van der Waals surface area contributed by atoms with Crippen LogP contribution in [0.1, 0.15) is 33.3 Å². The number of methoxy groups -OCH3 is 1. The Morgan fingerprint density at radius 2 is 1.38 bits per heavy atom. The number of hydrogen-bond donors (Lipinski definition) is 0. The molecule has 5 heteroatoms. The molecule has 2 nitrogen and oxygen atoms in total. The first-order valence-electron chi connectivity index (χ1n) is 7.42. The summed E-state index contributed by atoms with van der Waals surface area (Å²) in [6.45, 7) is 8.00. The summed E-state index contributed by atoms with van der Waals surface area (Å²) < 4.78 is 5.19. The zero-order chi connectivity index (χ0) is 16.1.